The SMILES string of the molecule is COc1ccc(Nc2cc(C(=O)Nc3ccccc3F)ncn2)cc1. The Morgan fingerprint density at radius 3 is 2.56 bits per heavy atom. The summed E-state index contributed by atoms with van der Waals surface area (Å²) in [6.45, 7) is 0. The van der Waals surface area contributed by atoms with Crippen molar-refractivity contribution in [3.8, 4) is 5.75 Å². The predicted molar refractivity (Wildman–Crippen MR) is 92.7 cm³/mol. The van der Waals surface area contributed by atoms with Gasteiger partial charge in [-0.2, -0.15) is 0 Å². The van der Waals surface area contributed by atoms with Crippen LogP contribution in [-0.4, -0.2) is 23.0 Å². The lowest BCUT2D eigenvalue weighted by Gasteiger charge is -2.08. The number of aromatic nitrogens is 2. The number of carbonyl (C=O) groups excluding carboxylic acids is 1. The minimum Gasteiger partial charge on any atom is -0.497 e. The zero-order valence-corrected chi connectivity index (χ0v) is 13.4. The van der Waals surface area contributed by atoms with Gasteiger partial charge in [-0.3, -0.25) is 4.79 Å². The lowest BCUT2D eigenvalue weighted by atomic mass is 10.2. The van der Waals surface area contributed by atoms with Crippen LogP contribution >= 0.6 is 0 Å². The zero-order valence-electron chi connectivity index (χ0n) is 13.4. The van der Waals surface area contributed by atoms with Gasteiger partial charge in [0.2, 0.25) is 0 Å². The fraction of sp³-hybridized carbons (Fsp3) is 0.0556. The van der Waals surface area contributed by atoms with Gasteiger partial charge in [0.25, 0.3) is 5.91 Å². The number of benzene rings is 2. The Kier molecular flexibility index (Phi) is 4.84. The van der Waals surface area contributed by atoms with Crippen molar-refractivity contribution in [2.24, 2.45) is 0 Å². The zero-order chi connectivity index (χ0) is 17.6. The molecule has 6 nitrogen and oxygen atoms in total. The highest BCUT2D eigenvalue weighted by atomic mass is 19.1. The summed E-state index contributed by atoms with van der Waals surface area (Å²) in [7, 11) is 1.59. The van der Waals surface area contributed by atoms with Crippen LogP contribution in [0.25, 0.3) is 0 Å². The van der Waals surface area contributed by atoms with Crippen molar-refractivity contribution in [3.05, 3.63) is 72.4 Å². The Morgan fingerprint density at radius 1 is 1.08 bits per heavy atom. The molecule has 0 aliphatic heterocycles. The molecule has 1 heterocycles. The number of nitrogens with one attached hydrogen (secondary N) is 2. The van der Waals surface area contributed by atoms with Crippen molar-refractivity contribution in [2.45, 2.75) is 0 Å². The third kappa shape index (κ3) is 4.08. The molecule has 0 saturated carbocycles. The molecule has 0 spiro atoms. The van der Waals surface area contributed by atoms with Crippen molar-refractivity contribution in [2.75, 3.05) is 17.7 Å². The monoisotopic (exact) mass is 338 g/mol. The second-order valence-corrected chi connectivity index (χ2v) is 5.08. The van der Waals surface area contributed by atoms with Gasteiger partial charge in [0, 0.05) is 11.8 Å². The molecule has 1 aromatic heterocycles. The minimum absolute atomic E-state index is 0.0933. The second-order valence-electron chi connectivity index (χ2n) is 5.08. The molecule has 0 bridgehead atoms. The summed E-state index contributed by atoms with van der Waals surface area (Å²) in [6.07, 6.45) is 1.27. The molecule has 0 atom stereocenters. The highest BCUT2D eigenvalue weighted by Crippen LogP contribution is 2.19. The maximum atomic E-state index is 13.6. The lowest BCUT2D eigenvalue weighted by molar-refractivity contribution is 0.102. The number of rotatable bonds is 5. The number of anilines is 3. The summed E-state index contributed by atoms with van der Waals surface area (Å²) in [5.41, 5.74) is 0.991. The first-order valence-corrected chi connectivity index (χ1v) is 7.45. The van der Waals surface area contributed by atoms with Gasteiger partial charge in [0.05, 0.1) is 12.8 Å². The van der Waals surface area contributed by atoms with Crippen molar-refractivity contribution >= 4 is 23.1 Å². The van der Waals surface area contributed by atoms with Gasteiger partial charge in [0.1, 0.15) is 29.4 Å². The first kappa shape index (κ1) is 16.4. The summed E-state index contributed by atoms with van der Waals surface area (Å²) in [5, 5.41) is 5.55. The number of methoxy groups -OCH3 is 1. The largest absolute Gasteiger partial charge is 0.497 e. The minimum atomic E-state index is -0.523. The van der Waals surface area contributed by atoms with Gasteiger partial charge in [-0.05, 0) is 36.4 Å². The number of ether oxygens (including phenoxy) is 1. The second kappa shape index (κ2) is 7.39. The van der Waals surface area contributed by atoms with Gasteiger partial charge in [-0.25, -0.2) is 14.4 Å². The third-order valence-corrected chi connectivity index (χ3v) is 3.38. The number of halogens is 1. The fourth-order valence-electron chi connectivity index (χ4n) is 2.12. The van der Waals surface area contributed by atoms with Crippen molar-refractivity contribution in [3.63, 3.8) is 0 Å². The van der Waals surface area contributed by atoms with E-state index in [1.165, 1.54) is 24.5 Å². The van der Waals surface area contributed by atoms with Crippen LogP contribution in [0.5, 0.6) is 5.75 Å². The highest BCUT2D eigenvalue weighted by Gasteiger charge is 2.11. The van der Waals surface area contributed by atoms with Crippen LogP contribution in [0.1, 0.15) is 10.5 Å². The van der Waals surface area contributed by atoms with E-state index >= 15 is 0 Å². The molecule has 0 radical (unpaired) electrons. The summed E-state index contributed by atoms with van der Waals surface area (Å²) in [4.78, 5) is 20.2. The molecule has 0 aliphatic rings. The number of amides is 1. The Bertz CT molecular complexity index is 884. The molecular weight excluding hydrogens is 323 g/mol. The summed E-state index contributed by atoms with van der Waals surface area (Å²) in [5.74, 6) is 0.142. The van der Waals surface area contributed by atoms with E-state index in [4.69, 9.17) is 4.74 Å². The van der Waals surface area contributed by atoms with Crippen molar-refractivity contribution in [1.29, 1.82) is 0 Å². The number of hydrogen-bond acceptors (Lipinski definition) is 5. The van der Waals surface area contributed by atoms with E-state index in [1.54, 1.807) is 31.4 Å². The molecule has 0 unspecified atom stereocenters. The van der Waals surface area contributed by atoms with Gasteiger partial charge < -0.3 is 15.4 Å². The first-order chi connectivity index (χ1) is 12.2. The number of nitrogens with zero attached hydrogens (tertiary/aromatic N) is 2. The van der Waals surface area contributed by atoms with E-state index in [0.29, 0.717) is 5.82 Å². The summed E-state index contributed by atoms with van der Waals surface area (Å²) < 4.78 is 18.7. The highest BCUT2D eigenvalue weighted by molar-refractivity contribution is 6.03. The van der Waals surface area contributed by atoms with E-state index in [1.807, 2.05) is 12.1 Å². The smallest absolute Gasteiger partial charge is 0.274 e. The quantitative estimate of drug-likeness (QED) is 0.743. The van der Waals surface area contributed by atoms with Gasteiger partial charge in [-0.15, -0.1) is 0 Å². The Balaban J connectivity index is 1.74. The van der Waals surface area contributed by atoms with Gasteiger partial charge in [0.15, 0.2) is 0 Å². The van der Waals surface area contributed by atoms with E-state index in [-0.39, 0.29) is 11.4 Å². The van der Waals surface area contributed by atoms with Crippen LogP contribution in [0.2, 0.25) is 0 Å². The lowest BCUT2D eigenvalue weighted by Crippen LogP contribution is -2.15. The van der Waals surface area contributed by atoms with Crippen LogP contribution < -0.4 is 15.4 Å². The third-order valence-electron chi connectivity index (χ3n) is 3.38. The molecule has 0 saturated heterocycles. The standard InChI is InChI=1S/C18H15FN4O2/c1-25-13-8-6-12(7-9-13)22-17-10-16(20-11-21-17)18(24)23-15-5-3-2-4-14(15)19/h2-11H,1H3,(H,23,24)(H,20,21,22). The molecular formula is C18H15FN4O2. The average Bonchev–Trinajstić information content (AvgIpc) is 2.64. The van der Waals surface area contributed by atoms with E-state index < -0.39 is 11.7 Å². The molecule has 25 heavy (non-hydrogen) atoms. The van der Waals surface area contributed by atoms with E-state index in [0.717, 1.165) is 11.4 Å². The Hall–Kier alpha value is -3.48. The van der Waals surface area contributed by atoms with Gasteiger partial charge in [-0.1, -0.05) is 12.1 Å². The molecule has 1 amide bonds. The molecule has 0 fully saturated rings. The number of carbonyl (C=O) groups is 1. The molecule has 2 aromatic carbocycles. The molecule has 7 heteroatoms. The average molecular weight is 338 g/mol. The van der Waals surface area contributed by atoms with Crippen LogP contribution in [0.15, 0.2) is 60.9 Å². The fourth-order valence-corrected chi connectivity index (χ4v) is 2.12. The maximum absolute atomic E-state index is 13.6. The van der Waals surface area contributed by atoms with Gasteiger partial charge >= 0.3 is 0 Å². The van der Waals surface area contributed by atoms with E-state index in [9.17, 15) is 9.18 Å². The van der Waals surface area contributed by atoms with Crippen LogP contribution in [0, 0.1) is 5.82 Å². The first-order valence-electron chi connectivity index (χ1n) is 7.45. The molecule has 3 rings (SSSR count). The van der Waals surface area contributed by atoms with Crippen LogP contribution in [0.4, 0.5) is 21.6 Å². The summed E-state index contributed by atoms with van der Waals surface area (Å²) >= 11 is 0. The molecule has 0 aliphatic carbocycles. The topological polar surface area (TPSA) is 76.1 Å². The van der Waals surface area contributed by atoms with E-state index in [2.05, 4.69) is 20.6 Å². The van der Waals surface area contributed by atoms with Crippen LogP contribution in [-0.2, 0) is 0 Å². The molecule has 126 valence electrons. The van der Waals surface area contributed by atoms with Crippen molar-refractivity contribution in [1.82, 2.24) is 9.97 Å². The molecule has 3 aromatic rings. The summed E-state index contributed by atoms with van der Waals surface area (Å²) in [6, 6.07) is 14.7. The Labute approximate surface area is 143 Å². The number of para-hydroxylation sites is 1. The predicted octanol–water partition coefficient (Wildman–Crippen LogP) is 3.62. The molecule has 2 N–H and O–H groups in total. The number of hydrogen-bond donors (Lipinski definition) is 2. The van der Waals surface area contributed by atoms with Crippen molar-refractivity contribution < 1.29 is 13.9 Å². The normalized spacial score (nSPS) is 10.2. The maximum Gasteiger partial charge on any atom is 0.274 e. The van der Waals surface area contributed by atoms with Crippen LogP contribution in [0.3, 0.4) is 0 Å². The Morgan fingerprint density at radius 2 is 1.84 bits per heavy atom.